The van der Waals surface area contributed by atoms with Gasteiger partial charge in [-0.25, -0.2) is 0 Å². The highest BCUT2D eigenvalue weighted by Crippen LogP contribution is 2.16. The van der Waals surface area contributed by atoms with E-state index in [4.69, 9.17) is 5.11 Å². The van der Waals surface area contributed by atoms with E-state index in [0.29, 0.717) is 0 Å². The zero-order chi connectivity index (χ0) is 9.14. The summed E-state index contributed by atoms with van der Waals surface area (Å²) in [7, 11) is 1.84. The molecule has 0 amide bonds. The van der Waals surface area contributed by atoms with E-state index in [2.05, 4.69) is 16.4 Å². The quantitative estimate of drug-likeness (QED) is 0.627. The zero-order valence-electron chi connectivity index (χ0n) is 7.81. The van der Waals surface area contributed by atoms with Crippen LogP contribution in [0.4, 0.5) is 0 Å². The van der Waals surface area contributed by atoms with Gasteiger partial charge in [-0.15, -0.1) is 0 Å². The third-order valence-corrected chi connectivity index (χ3v) is 2.07. The second-order valence-electron chi connectivity index (χ2n) is 3.07. The highest BCUT2D eigenvalue weighted by Gasteiger charge is 2.11. The van der Waals surface area contributed by atoms with Gasteiger partial charge in [0.2, 0.25) is 0 Å². The Morgan fingerprint density at radius 3 is 2.58 bits per heavy atom. The van der Waals surface area contributed by atoms with E-state index < -0.39 is 0 Å². The van der Waals surface area contributed by atoms with Crippen LogP contribution in [-0.4, -0.2) is 23.7 Å². The predicted octanol–water partition coefficient (Wildman–Crippen LogP) is 0.884. The molecular weight excluding hydrogens is 152 g/mol. The molecule has 68 valence electrons. The lowest BCUT2D eigenvalue weighted by Crippen LogP contribution is -2.21. The van der Waals surface area contributed by atoms with Crippen LogP contribution in [-0.2, 0) is 0 Å². The van der Waals surface area contributed by atoms with Gasteiger partial charge in [0, 0.05) is 11.4 Å². The summed E-state index contributed by atoms with van der Waals surface area (Å²) in [5, 5.41) is 12.1. The lowest BCUT2D eigenvalue weighted by Gasteiger charge is -2.12. The average Bonchev–Trinajstić information content (AvgIpc) is 2.34. The van der Waals surface area contributed by atoms with Gasteiger partial charge in [0.1, 0.15) is 0 Å². The number of likely N-dealkylation sites (N-methyl/N-ethyl adjacent to an activating group) is 1. The van der Waals surface area contributed by atoms with Gasteiger partial charge in [0.15, 0.2) is 0 Å². The van der Waals surface area contributed by atoms with Crippen molar-refractivity contribution in [1.29, 1.82) is 0 Å². The van der Waals surface area contributed by atoms with Gasteiger partial charge in [-0.1, -0.05) is 0 Å². The van der Waals surface area contributed by atoms with E-state index in [1.54, 1.807) is 0 Å². The van der Waals surface area contributed by atoms with Crippen LogP contribution in [0.1, 0.15) is 23.0 Å². The Morgan fingerprint density at radius 1 is 1.58 bits per heavy atom. The molecule has 1 aromatic heterocycles. The minimum absolute atomic E-state index is 0.0266. The maximum absolute atomic E-state index is 9.03. The number of aliphatic hydroxyl groups excluding tert-OH is 1. The first kappa shape index (κ1) is 9.29. The van der Waals surface area contributed by atoms with Crippen molar-refractivity contribution in [3.05, 3.63) is 23.0 Å². The van der Waals surface area contributed by atoms with Crippen molar-refractivity contribution >= 4 is 0 Å². The summed E-state index contributed by atoms with van der Waals surface area (Å²) in [6.07, 6.45) is 0. The highest BCUT2D eigenvalue weighted by molar-refractivity contribution is 5.26. The minimum Gasteiger partial charge on any atom is -0.394 e. The number of nitrogens with one attached hydrogen (secondary N) is 2. The Labute approximate surface area is 72.8 Å². The maximum atomic E-state index is 9.03. The van der Waals surface area contributed by atoms with E-state index in [9.17, 15) is 0 Å². The minimum atomic E-state index is 0.0266. The largest absolute Gasteiger partial charge is 0.394 e. The summed E-state index contributed by atoms with van der Waals surface area (Å²) in [4.78, 5) is 3.22. The van der Waals surface area contributed by atoms with Gasteiger partial charge < -0.3 is 15.4 Å². The Hall–Kier alpha value is -0.800. The molecule has 0 aliphatic rings. The van der Waals surface area contributed by atoms with Crippen LogP contribution < -0.4 is 5.32 Å². The normalized spacial score (nSPS) is 13.3. The molecule has 1 heterocycles. The number of rotatable bonds is 3. The third-order valence-electron chi connectivity index (χ3n) is 2.07. The van der Waals surface area contributed by atoms with Gasteiger partial charge in [-0.05, 0) is 32.5 Å². The second-order valence-corrected chi connectivity index (χ2v) is 3.07. The van der Waals surface area contributed by atoms with Crippen molar-refractivity contribution < 1.29 is 5.11 Å². The number of aromatic nitrogens is 1. The molecule has 12 heavy (non-hydrogen) atoms. The number of aryl methyl sites for hydroxylation is 2. The molecular formula is C9H16N2O. The summed E-state index contributed by atoms with van der Waals surface area (Å²) >= 11 is 0. The van der Waals surface area contributed by atoms with Crippen LogP contribution in [0.5, 0.6) is 0 Å². The van der Waals surface area contributed by atoms with Gasteiger partial charge in [-0.2, -0.15) is 0 Å². The monoisotopic (exact) mass is 168 g/mol. The van der Waals surface area contributed by atoms with Gasteiger partial charge in [0.25, 0.3) is 0 Å². The molecule has 1 aromatic rings. The number of aromatic amines is 1. The predicted molar refractivity (Wildman–Crippen MR) is 49.2 cm³/mol. The van der Waals surface area contributed by atoms with Crippen molar-refractivity contribution in [2.75, 3.05) is 13.7 Å². The smallest absolute Gasteiger partial charge is 0.0707 e. The molecule has 0 saturated heterocycles. The van der Waals surface area contributed by atoms with Crippen molar-refractivity contribution in [2.45, 2.75) is 19.9 Å². The summed E-state index contributed by atoms with van der Waals surface area (Å²) < 4.78 is 0. The maximum Gasteiger partial charge on any atom is 0.0707 e. The fraction of sp³-hybridized carbons (Fsp3) is 0.556. The topological polar surface area (TPSA) is 48.0 Å². The van der Waals surface area contributed by atoms with Crippen molar-refractivity contribution in [2.24, 2.45) is 0 Å². The average molecular weight is 168 g/mol. The molecule has 1 atom stereocenters. The Morgan fingerprint density at radius 2 is 2.25 bits per heavy atom. The first-order valence-electron chi connectivity index (χ1n) is 4.13. The SMILES string of the molecule is CN[C@H](CO)c1[nH]c(C)cc1C. The summed E-state index contributed by atoms with van der Waals surface area (Å²) in [5.41, 5.74) is 3.41. The van der Waals surface area contributed by atoms with E-state index in [-0.39, 0.29) is 12.6 Å². The standard InChI is InChI=1S/C9H16N2O/c1-6-4-7(2)11-9(6)8(5-12)10-3/h4,8,10-12H,5H2,1-3H3/t8-/m1/s1. The molecule has 0 spiro atoms. The molecule has 0 aromatic carbocycles. The van der Waals surface area contributed by atoms with Crippen molar-refractivity contribution in [3.8, 4) is 0 Å². The number of aliphatic hydroxyl groups is 1. The fourth-order valence-corrected chi connectivity index (χ4v) is 1.44. The van der Waals surface area contributed by atoms with Crippen LogP contribution in [0.3, 0.4) is 0 Å². The summed E-state index contributed by atoms with van der Waals surface area (Å²) in [6.45, 7) is 4.18. The Kier molecular flexibility index (Phi) is 2.89. The van der Waals surface area contributed by atoms with Crippen molar-refractivity contribution in [3.63, 3.8) is 0 Å². The van der Waals surface area contributed by atoms with E-state index >= 15 is 0 Å². The third kappa shape index (κ3) is 1.68. The van der Waals surface area contributed by atoms with Crippen LogP contribution >= 0.6 is 0 Å². The molecule has 0 radical (unpaired) electrons. The number of H-pyrrole nitrogens is 1. The van der Waals surface area contributed by atoms with E-state index in [1.807, 2.05) is 20.9 Å². The van der Waals surface area contributed by atoms with Crippen LogP contribution in [0.25, 0.3) is 0 Å². The van der Waals surface area contributed by atoms with Gasteiger partial charge >= 0.3 is 0 Å². The molecule has 3 N–H and O–H groups in total. The molecule has 0 aliphatic carbocycles. The first-order valence-corrected chi connectivity index (χ1v) is 4.13. The summed E-state index contributed by atoms with van der Waals surface area (Å²) in [5.74, 6) is 0. The second kappa shape index (κ2) is 3.74. The Balaban J connectivity index is 2.91. The molecule has 0 aliphatic heterocycles. The van der Waals surface area contributed by atoms with Gasteiger partial charge in [-0.3, -0.25) is 0 Å². The van der Waals surface area contributed by atoms with Crippen LogP contribution in [0, 0.1) is 13.8 Å². The molecule has 3 heteroatoms. The Bertz CT molecular complexity index is 251. The number of hydrogen-bond acceptors (Lipinski definition) is 2. The van der Waals surface area contributed by atoms with Crippen LogP contribution in [0.2, 0.25) is 0 Å². The lowest BCUT2D eigenvalue weighted by molar-refractivity contribution is 0.248. The fourth-order valence-electron chi connectivity index (χ4n) is 1.44. The molecule has 0 saturated carbocycles. The molecule has 1 rings (SSSR count). The number of hydrogen-bond donors (Lipinski definition) is 3. The van der Waals surface area contributed by atoms with Gasteiger partial charge in [0.05, 0.1) is 12.6 Å². The zero-order valence-corrected chi connectivity index (χ0v) is 7.81. The molecule has 0 unspecified atom stereocenters. The lowest BCUT2D eigenvalue weighted by atomic mass is 10.1. The molecule has 0 fully saturated rings. The van der Waals surface area contributed by atoms with E-state index in [0.717, 1.165) is 11.4 Å². The summed E-state index contributed by atoms with van der Waals surface area (Å²) in [6, 6.07) is 2.11. The van der Waals surface area contributed by atoms with E-state index in [1.165, 1.54) is 5.56 Å². The van der Waals surface area contributed by atoms with Crippen LogP contribution in [0.15, 0.2) is 6.07 Å². The molecule has 3 nitrogen and oxygen atoms in total. The highest BCUT2D eigenvalue weighted by atomic mass is 16.3. The van der Waals surface area contributed by atoms with Crippen molar-refractivity contribution in [1.82, 2.24) is 10.3 Å². The molecule has 0 bridgehead atoms. The first-order chi connectivity index (χ1) is 5.69.